The fraction of sp³-hybridized carbons (Fsp3) is 0.429. The van der Waals surface area contributed by atoms with Crippen LogP contribution in [-0.4, -0.2) is 23.2 Å². The Labute approximate surface area is 112 Å². The van der Waals surface area contributed by atoms with Gasteiger partial charge in [-0.05, 0) is 39.8 Å². The van der Waals surface area contributed by atoms with E-state index in [1.807, 2.05) is 27.7 Å². The van der Waals surface area contributed by atoms with Crippen molar-refractivity contribution in [3.05, 3.63) is 24.6 Å². The second-order valence-corrected chi connectivity index (χ2v) is 5.19. The Balaban J connectivity index is 2.36. The maximum Gasteiger partial charge on any atom is 0.416 e. The minimum absolute atomic E-state index is 0.406. The molecule has 2 aromatic rings. The van der Waals surface area contributed by atoms with Crippen molar-refractivity contribution in [3.63, 3.8) is 0 Å². The largest absolute Gasteiger partial charge is 0.464 e. The quantitative estimate of drug-likeness (QED) is 0.830. The van der Waals surface area contributed by atoms with E-state index in [0.29, 0.717) is 17.9 Å². The summed E-state index contributed by atoms with van der Waals surface area (Å²) >= 11 is 0. The van der Waals surface area contributed by atoms with Crippen LogP contribution in [0.5, 0.6) is 0 Å². The molecule has 5 heteroatoms. The second-order valence-electron chi connectivity index (χ2n) is 5.19. The van der Waals surface area contributed by atoms with E-state index >= 15 is 0 Å². The SMILES string of the molecule is CCN(C(=O)OC(C)(C)C)c1nccc2occc12. The standard InChI is InChI=1S/C14H18N2O3/c1-5-16(13(17)19-14(2,3)4)12-10-7-9-18-11(10)6-8-15-12/h6-9H,5H2,1-4H3. The molecule has 0 fully saturated rings. The first-order valence-corrected chi connectivity index (χ1v) is 6.25. The van der Waals surface area contributed by atoms with Gasteiger partial charge in [0.25, 0.3) is 0 Å². The summed E-state index contributed by atoms with van der Waals surface area (Å²) in [5.74, 6) is 0.558. The van der Waals surface area contributed by atoms with E-state index in [-0.39, 0.29) is 0 Å². The first-order chi connectivity index (χ1) is 8.92. The van der Waals surface area contributed by atoms with Gasteiger partial charge in [0, 0.05) is 12.7 Å². The number of carbonyl (C=O) groups is 1. The summed E-state index contributed by atoms with van der Waals surface area (Å²) in [6, 6.07) is 3.56. The number of carbonyl (C=O) groups excluding carboxylic acids is 1. The molecule has 0 saturated heterocycles. The molecule has 1 amide bonds. The molecule has 2 heterocycles. The third-order valence-electron chi connectivity index (χ3n) is 2.54. The maximum absolute atomic E-state index is 12.2. The third kappa shape index (κ3) is 2.86. The number of furan rings is 1. The Bertz CT molecular complexity index is 584. The van der Waals surface area contributed by atoms with Crippen molar-refractivity contribution < 1.29 is 13.9 Å². The van der Waals surface area contributed by atoms with Crippen LogP contribution in [0.1, 0.15) is 27.7 Å². The van der Waals surface area contributed by atoms with E-state index in [4.69, 9.17) is 9.15 Å². The van der Waals surface area contributed by atoms with Gasteiger partial charge in [-0.15, -0.1) is 0 Å². The molecule has 0 aliphatic heterocycles. The molecular weight excluding hydrogens is 244 g/mol. The number of pyridine rings is 1. The molecule has 0 radical (unpaired) electrons. The molecule has 2 rings (SSSR count). The molecule has 0 atom stereocenters. The number of fused-ring (bicyclic) bond motifs is 1. The normalized spacial score (nSPS) is 11.6. The first-order valence-electron chi connectivity index (χ1n) is 6.25. The van der Waals surface area contributed by atoms with Crippen LogP contribution in [0.25, 0.3) is 11.0 Å². The lowest BCUT2D eigenvalue weighted by atomic mass is 10.2. The van der Waals surface area contributed by atoms with Crippen LogP contribution >= 0.6 is 0 Å². The summed E-state index contributed by atoms with van der Waals surface area (Å²) in [7, 11) is 0. The van der Waals surface area contributed by atoms with Gasteiger partial charge in [-0.25, -0.2) is 9.78 Å². The third-order valence-corrected chi connectivity index (χ3v) is 2.54. The van der Waals surface area contributed by atoms with Gasteiger partial charge in [-0.2, -0.15) is 0 Å². The number of nitrogens with zero attached hydrogens (tertiary/aromatic N) is 2. The van der Waals surface area contributed by atoms with Crippen LogP contribution < -0.4 is 4.90 Å². The molecule has 0 bridgehead atoms. The second kappa shape index (κ2) is 4.91. The summed E-state index contributed by atoms with van der Waals surface area (Å²) in [4.78, 5) is 18.0. The molecule has 102 valence electrons. The number of ether oxygens (including phenoxy) is 1. The highest BCUT2D eigenvalue weighted by molar-refractivity contribution is 5.97. The van der Waals surface area contributed by atoms with Crippen LogP contribution in [0.4, 0.5) is 10.6 Å². The summed E-state index contributed by atoms with van der Waals surface area (Å²) in [6.45, 7) is 7.87. The molecule has 0 aromatic carbocycles. The number of rotatable bonds is 2. The number of hydrogen-bond acceptors (Lipinski definition) is 4. The average molecular weight is 262 g/mol. The van der Waals surface area contributed by atoms with E-state index in [2.05, 4.69) is 4.98 Å². The van der Waals surface area contributed by atoms with E-state index < -0.39 is 11.7 Å². The Morgan fingerprint density at radius 3 is 2.79 bits per heavy atom. The molecule has 0 unspecified atom stereocenters. The molecule has 5 nitrogen and oxygen atoms in total. The molecule has 0 saturated carbocycles. The lowest BCUT2D eigenvalue weighted by Crippen LogP contribution is -2.37. The molecule has 2 aromatic heterocycles. The highest BCUT2D eigenvalue weighted by Crippen LogP contribution is 2.26. The predicted molar refractivity (Wildman–Crippen MR) is 73.3 cm³/mol. The highest BCUT2D eigenvalue weighted by Gasteiger charge is 2.24. The maximum atomic E-state index is 12.2. The van der Waals surface area contributed by atoms with Crippen LogP contribution in [-0.2, 0) is 4.74 Å². The van der Waals surface area contributed by atoms with Gasteiger partial charge in [0.05, 0.1) is 11.6 Å². The predicted octanol–water partition coefficient (Wildman–Crippen LogP) is 3.59. The fourth-order valence-corrected chi connectivity index (χ4v) is 1.78. The average Bonchev–Trinajstić information content (AvgIpc) is 2.76. The van der Waals surface area contributed by atoms with Gasteiger partial charge in [0.2, 0.25) is 0 Å². The van der Waals surface area contributed by atoms with Crippen LogP contribution in [0, 0.1) is 0 Å². The summed E-state index contributed by atoms with van der Waals surface area (Å²) < 4.78 is 10.7. The van der Waals surface area contributed by atoms with Crippen LogP contribution in [0.15, 0.2) is 29.0 Å². The van der Waals surface area contributed by atoms with E-state index in [0.717, 1.165) is 5.39 Å². The molecule has 0 aliphatic carbocycles. The van der Waals surface area contributed by atoms with Crippen LogP contribution in [0.3, 0.4) is 0 Å². The lowest BCUT2D eigenvalue weighted by Gasteiger charge is -2.26. The fourth-order valence-electron chi connectivity index (χ4n) is 1.78. The molecule has 19 heavy (non-hydrogen) atoms. The van der Waals surface area contributed by atoms with E-state index in [1.165, 1.54) is 4.90 Å². The monoisotopic (exact) mass is 262 g/mol. The highest BCUT2D eigenvalue weighted by atomic mass is 16.6. The molecule has 0 spiro atoms. The topological polar surface area (TPSA) is 55.6 Å². The van der Waals surface area contributed by atoms with Crippen LogP contribution in [0.2, 0.25) is 0 Å². The zero-order valence-corrected chi connectivity index (χ0v) is 11.6. The van der Waals surface area contributed by atoms with Gasteiger partial charge in [0.15, 0.2) is 0 Å². The Morgan fingerprint density at radius 2 is 2.16 bits per heavy atom. The summed E-state index contributed by atoms with van der Waals surface area (Å²) in [5, 5.41) is 0.801. The summed E-state index contributed by atoms with van der Waals surface area (Å²) in [6.07, 6.45) is 2.80. The van der Waals surface area contributed by atoms with Crippen molar-refractivity contribution in [2.75, 3.05) is 11.4 Å². The number of aromatic nitrogens is 1. The molecule has 0 N–H and O–H groups in total. The van der Waals surface area contributed by atoms with Gasteiger partial charge in [0.1, 0.15) is 17.0 Å². The van der Waals surface area contributed by atoms with Crippen molar-refractivity contribution in [2.45, 2.75) is 33.3 Å². The Kier molecular flexibility index (Phi) is 3.46. The van der Waals surface area contributed by atoms with Crippen molar-refractivity contribution in [3.8, 4) is 0 Å². The van der Waals surface area contributed by atoms with Gasteiger partial charge in [-0.1, -0.05) is 0 Å². The molecule has 0 aliphatic rings. The minimum atomic E-state index is -0.533. The minimum Gasteiger partial charge on any atom is -0.464 e. The van der Waals surface area contributed by atoms with Gasteiger partial charge < -0.3 is 9.15 Å². The van der Waals surface area contributed by atoms with Crippen molar-refractivity contribution >= 4 is 22.9 Å². The van der Waals surface area contributed by atoms with E-state index in [9.17, 15) is 4.79 Å². The van der Waals surface area contributed by atoms with Crippen molar-refractivity contribution in [2.24, 2.45) is 0 Å². The van der Waals surface area contributed by atoms with Crippen molar-refractivity contribution in [1.82, 2.24) is 4.98 Å². The summed E-state index contributed by atoms with van der Waals surface area (Å²) in [5.41, 5.74) is 0.168. The zero-order valence-electron chi connectivity index (χ0n) is 11.6. The first kappa shape index (κ1) is 13.4. The smallest absolute Gasteiger partial charge is 0.416 e. The number of amides is 1. The van der Waals surface area contributed by atoms with Crippen molar-refractivity contribution in [1.29, 1.82) is 0 Å². The Morgan fingerprint density at radius 1 is 1.42 bits per heavy atom. The lowest BCUT2D eigenvalue weighted by molar-refractivity contribution is 0.0581. The number of anilines is 1. The number of hydrogen-bond donors (Lipinski definition) is 0. The van der Waals surface area contributed by atoms with Gasteiger partial charge in [-0.3, -0.25) is 4.90 Å². The van der Waals surface area contributed by atoms with E-state index in [1.54, 1.807) is 24.6 Å². The Hall–Kier alpha value is -2.04. The zero-order chi connectivity index (χ0) is 14.0. The molecular formula is C14H18N2O3. The van der Waals surface area contributed by atoms with Gasteiger partial charge >= 0.3 is 6.09 Å².